The first-order valence-corrected chi connectivity index (χ1v) is 11.1. The van der Waals surface area contributed by atoms with Crippen molar-refractivity contribution in [2.75, 3.05) is 6.54 Å². The number of aromatic nitrogens is 1. The molecule has 0 atom stereocenters. The van der Waals surface area contributed by atoms with Crippen molar-refractivity contribution >= 4 is 17.0 Å². The summed E-state index contributed by atoms with van der Waals surface area (Å²) in [6, 6.07) is 15.0. The molecule has 1 aliphatic carbocycles. The third-order valence-electron chi connectivity index (χ3n) is 5.07. The molecule has 7 heteroatoms. The zero-order chi connectivity index (χ0) is 21.6. The summed E-state index contributed by atoms with van der Waals surface area (Å²) in [5.41, 5.74) is 5.23. The van der Waals surface area contributed by atoms with Crippen LogP contribution < -0.4 is 9.54 Å². The van der Waals surface area contributed by atoms with Gasteiger partial charge in [0.05, 0.1) is 18.0 Å². The number of aryl methyl sites for hydroxylation is 1. The van der Waals surface area contributed by atoms with Crippen molar-refractivity contribution in [2.45, 2.75) is 32.3 Å². The Balaban J connectivity index is 1.81. The van der Waals surface area contributed by atoms with E-state index in [1.807, 2.05) is 16.1 Å². The van der Waals surface area contributed by atoms with E-state index in [1.165, 1.54) is 34.6 Å². The van der Waals surface area contributed by atoms with Crippen molar-refractivity contribution in [3.63, 3.8) is 0 Å². The van der Waals surface area contributed by atoms with Crippen LogP contribution in [-0.2, 0) is 6.42 Å². The molecule has 4 rings (SSSR count). The maximum Gasteiger partial charge on any atom is 0.387 e. The van der Waals surface area contributed by atoms with Crippen LogP contribution in [0.1, 0.15) is 30.4 Å². The predicted octanol–water partition coefficient (Wildman–Crippen LogP) is 5.88. The summed E-state index contributed by atoms with van der Waals surface area (Å²) in [5, 5.41) is 7.03. The quantitative estimate of drug-likeness (QED) is 0.349. The summed E-state index contributed by atoms with van der Waals surface area (Å²) in [7, 11) is 0. The Hall–Kier alpha value is -3.06. The van der Waals surface area contributed by atoms with Crippen LogP contribution in [0.3, 0.4) is 0 Å². The summed E-state index contributed by atoms with van der Waals surface area (Å²) in [4.78, 5) is 5.37. The van der Waals surface area contributed by atoms with Crippen LogP contribution in [0.15, 0.2) is 76.7 Å². The molecule has 0 spiro atoms. The molecule has 3 aromatic rings. The molecule has 0 amide bonds. The van der Waals surface area contributed by atoms with Gasteiger partial charge in [-0.15, -0.1) is 17.9 Å². The van der Waals surface area contributed by atoms with Gasteiger partial charge in [-0.05, 0) is 55.5 Å². The number of alkyl halides is 2. The Morgan fingerprint density at radius 2 is 1.87 bits per heavy atom. The maximum atomic E-state index is 12.5. The van der Waals surface area contributed by atoms with E-state index in [1.54, 1.807) is 18.2 Å². The molecule has 1 aromatic heterocycles. The number of rotatable bonds is 6. The van der Waals surface area contributed by atoms with Crippen LogP contribution in [0.5, 0.6) is 5.75 Å². The van der Waals surface area contributed by atoms with Gasteiger partial charge >= 0.3 is 6.61 Å². The Labute approximate surface area is 183 Å². The smallest absolute Gasteiger partial charge is 0.387 e. The number of benzene rings is 2. The van der Waals surface area contributed by atoms with Gasteiger partial charge in [0.15, 0.2) is 0 Å². The van der Waals surface area contributed by atoms with Crippen molar-refractivity contribution in [3.05, 3.63) is 82.5 Å². The van der Waals surface area contributed by atoms with Crippen molar-refractivity contribution in [2.24, 2.45) is 10.1 Å². The number of ether oxygens (including phenoxy) is 1. The number of halogens is 2. The van der Waals surface area contributed by atoms with Crippen molar-refractivity contribution in [1.29, 1.82) is 0 Å². The number of hydrogen-bond donors (Lipinski definition) is 0. The van der Waals surface area contributed by atoms with Crippen LogP contribution in [-0.4, -0.2) is 23.5 Å². The van der Waals surface area contributed by atoms with E-state index < -0.39 is 6.61 Å². The highest BCUT2D eigenvalue weighted by Gasteiger charge is 2.16. The fourth-order valence-corrected chi connectivity index (χ4v) is 4.48. The lowest BCUT2D eigenvalue weighted by Crippen LogP contribution is -2.16. The van der Waals surface area contributed by atoms with Crippen molar-refractivity contribution < 1.29 is 13.5 Å². The zero-order valence-corrected chi connectivity index (χ0v) is 17.8. The third-order valence-corrected chi connectivity index (χ3v) is 5.93. The molecule has 4 nitrogen and oxygen atoms in total. The zero-order valence-electron chi connectivity index (χ0n) is 17.0. The largest absolute Gasteiger partial charge is 0.435 e. The average Bonchev–Trinajstić information content (AvgIpc) is 3.05. The molecule has 160 valence electrons. The molecule has 2 aromatic carbocycles. The average molecular weight is 440 g/mol. The lowest BCUT2D eigenvalue weighted by Gasteiger charge is -2.10. The van der Waals surface area contributed by atoms with Gasteiger partial charge in [0, 0.05) is 16.5 Å². The monoisotopic (exact) mass is 439 g/mol. The second-order valence-electron chi connectivity index (χ2n) is 7.16. The lowest BCUT2D eigenvalue weighted by molar-refractivity contribution is -0.0498. The molecule has 0 saturated heterocycles. The standard InChI is InChI=1S/C24H23F2N3OS/c1-2-15-27-24-29(28-21-10-6-4-8-17-7-3-5-9-20(17)21)22(16-31-24)18-11-13-19(14-12-18)30-23(25)26/h2-3,5,7,9,11-14,16,23H,1,4,6,8,10,15H2/b27-24?,28-21-. The first-order chi connectivity index (χ1) is 15.2. The van der Waals surface area contributed by atoms with Crippen LogP contribution in [0, 0.1) is 0 Å². The Bertz CT molecular complexity index is 1150. The minimum atomic E-state index is -2.84. The molecule has 0 fully saturated rings. The molecular weight excluding hydrogens is 416 g/mol. The van der Waals surface area contributed by atoms with E-state index in [9.17, 15) is 8.78 Å². The van der Waals surface area contributed by atoms with Gasteiger partial charge in [-0.25, -0.2) is 4.68 Å². The van der Waals surface area contributed by atoms with Crippen LogP contribution in [0.25, 0.3) is 11.3 Å². The molecule has 1 aliphatic rings. The van der Waals surface area contributed by atoms with Crippen molar-refractivity contribution in [3.8, 4) is 17.0 Å². The molecule has 0 radical (unpaired) electrons. The maximum absolute atomic E-state index is 12.5. The highest BCUT2D eigenvalue weighted by atomic mass is 32.1. The Morgan fingerprint density at radius 3 is 2.65 bits per heavy atom. The second kappa shape index (κ2) is 9.83. The van der Waals surface area contributed by atoms with Gasteiger partial charge < -0.3 is 4.74 Å². The Kier molecular flexibility index (Phi) is 6.72. The van der Waals surface area contributed by atoms with Crippen LogP contribution >= 0.6 is 11.3 Å². The number of nitrogens with zero attached hydrogens (tertiary/aromatic N) is 3. The van der Waals surface area contributed by atoms with E-state index in [2.05, 4.69) is 34.5 Å². The van der Waals surface area contributed by atoms with Gasteiger partial charge in [-0.3, -0.25) is 4.99 Å². The third kappa shape index (κ3) is 4.99. The van der Waals surface area contributed by atoms with Gasteiger partial charge in [0.25, 0.3) is 0 Å². The molecule has 0 aliphatic heterocycles. The highest BCUT2D eigenvalue weighted by Crippen LogP contribution is 2.26. The van der Waals surface area contributed by atoms with Gasteiger partial charge in [0.2, 0.25) is 4.80 Å². The first kappa shape index (κ1) is 21.2. The van der Waals surface area contributed by atoms with Gasteiger partial charge in [0.1, 0.15) is 5.75 Å². The number of hydrogen-bond acceptors (Lipinski definition) is 4. The van der Waals surface area contributed by atoms with Crippen molar-refractivity contribution in [1.82, 2.24) is 4.68 Å². The Morgan fingerprint density at radius 1 is 1.10 bits per heavy atom. The summed E-state index contributed by atoms with van der Waals surface area (Å²) < 4.78 is 31.3. The molecule has 0 N–H and O–H groups in total. The van der Waals surface area contributed by atoms with Gasteiger partial charge in [-0.2, -0.15) is 13.9 Å². The fraction of sp³-hybridized carbons (Fsp3) is 0.250. The molecule has 31 heavy (non-hydrogen) atoms. The van der Waals surface area contributed by atoms with E-state index in [-0.39, 0.29) is 5.75 Å². The van der Waals surface area contributed by atoms with Crippen LogP contribution in [0.4, 0.5) is 8.78 Å². The molecular formula is C24H23F2N3OS. The van der Waals surface area contributed by atoms with Crippen LogP contribution in [0.2, 0.25) is 0 Å². The minimum absolute atomic E-state index is 0.126. The lowest BCUT2D eigenvalue weighted by atomic mass is 10.0. The first-order valence-electron chi connectivity index (χ1n) is 10.2. The molecule has 0 bridgehead atoms. The van der Waals surface area contributed by atoms with E-state index in [0.29, 0.717) is 6.54 Å². The number of fused-ring (bicyclic) bond motifs is 1. The topological polar surface area (TPSA) is 38.9 Å². The summed E-state index contributed by atoms with van der Waals surface area (Å²) in [6.07, 6.45) is 5.90. The summed E-state index contributed by atoms with van der Waals surface area (Å²) in [5.74, 6) is 0.126. The van der Waals surface area contributed by atoms with E-state index in [0.717, 1.165) is 47.5 Å². The minimum Gasteiger partial charge on any atom is -0.435 e. The predicted molar refractivity (Wildman–Crippen MR) is 121 cm³/mol. The molecule has 0 saturated carbocycles. The van der Waals surface area contributed by atoms with E-state index >= 15 is 0 Å². The molecule has 1 heterocycles. The second-order valence-corrected chi connectivity index (χ2v) is 8.00. The molecule has 0 unspecified atom stereocenters. The highest BCUT2D eigenvalue weighted by molar-refractivity contribution is 7.07. The normalized spacial score (nSPS) is 15.7. The van der Waals surface area contributed by atoms with Gasteiger partial charge in [-0.1, -0.05) is 30.3 Å². The summed E-state index contributed by atoms with van der Waals surface area (Å²) in [6.45, 7) is 1.40. The number of thiazole rings is 1. The SMILES string of the molecule is C=CCN=c1scc(-c2ccc(OC(F)F)cc2)n1/N=C1/CCCCc2ccccc21. The van der Waals surface area contributed by atoms with E-state index in [4.69, 9.17) is 5.10 Å². The fourth-order valence-electron chi connectivity index (χ4n) is 3.64. The summed E-state index contributed by atoms with van der Waals surface area (Å²) >= 11 is 1.49.